The standard InChI is InChI=1S/C17H12N6/c18-9-10-1-3-11(4-2-10)23-8-7-12-14(23)6-5-13-15(12)16(19)22-17(20)21-13/h1-8H,(H4,19,20,21,22). The van der Waals surface area contributed by atoms with Gasteiger partial charge in [0.15, 0.2) is 0 Å². The first-order valence-electron chi connectivity index (χ1n) is 7.00. The lowest BCUT2D eigenvalue weighted by Crippen LogP contribution is -2.00. The van der Waals surface area contributed by atoms with Crippen LogP contribution >= 0.6 is 0 Å². The van der Waals surface area contributed by atoms with Crippen LogP contribution in [-0.4, -0.2) is 14.5 Å². The summed E-state index contributed by atoms with van der Waals surface area (Å²) in [5.74, 6) is 0.538. The number of nitriles is 1. The molecule has 0 amide bonds. The van der Waals surface area contributed by atoms with E-state index in [9.17, 15) is 0 Å². The summed E-state index contributed by atoms with van der Waals surface area (Å²) in [6.45, 7) is 0. The molecule has 6 heteroatoms. The highest BCUT2D eigenvalue weighted by molar-refractivity contribution is 6.10. The maximum atomic E-state index is 8.91. The van der Waals surface area contributed by atoms with Crippen LogP contribution in [0.4, 0.5) is 11.8 Å². The topological polar surface area (TPSA) is 107 Å². The minimum Gasteiger partial charge on any atom is -0.383 e. The van der Waals surface area contributed by atoms with Gasteiger partial charge in [0.2, 0.25) is 5.95 Å². The molecule has 6 nitrogen and oxygen atoms in total. The number of anilines is 2. The van der Waals surface area contributed by atoms with E-state index in [0.717, 1.165) is 27.5 Å². The highest BCUT2D eigenvalue weighted by Crippen LogP contribution is 2.30. The van der Waals surface area contributed by atoms with Gasteiger partial charge in [-0.15, -0.1) is 0 Å². The summed E-state index contributed by atoms with van der Waals surface area (Å²) >= 11 is 0. The smallest absolute Gasteiger partial charge is 0.222 e. The Kier molecular flexibility index (Phi) is 2.68. The van der Waals surface area contributed by atoms with Crippen molar-refractivity contribution in [3.8, 4) is 11.8 Å². The number of benzene rings is 2. The third-order valence-corrected chi connectivity index (χ3v) is 3.85. The average molecular weight is 300 g/mol. The molecule has 0 bridgehead atoms. The second kappa shape index (κ2) is 4.71. The third kappa shape index (κ3) is 1.95. The molecular weight excluding hydrogens is 288 g/mol. The highest BCUT2D eigenvalue weighted by Gasteiger charge is 2.11. The van der Waals surface area contributed by atoms with Gasteiger partial charge in [-0.05, 0) is 42.5 Å². The lowest BCUT2D eigenvalue weighted by Gasteiger charge is -2.08. The second-order valence-electron chi connectivity index (χ2n) is 5.20. The summed E-state index contributed by atoms with van der Waals surface area (Å²) in [6.07, 6.45) is 1.96. The van der Waals surface area contributed by atoms with Crippen LogP contribution in [0.25, 0.3) is 27.5 Å². The Morgan fingerprint density at radius 1 is 0.957 bits per heavy atom. The van der Waals surface area contributed by atoms with E-state index in [1.807, 2.05) is 41.1 Å². The summed E-state index contributed by atoms with van der Waals surface area (Å²) in [5, 5.41) is 10.7. The summed E-state index contributed by atoms with van der Waals surface area (Å²) in [7, 11) is 0. The number of hydrogen-bond acceptors (Lipinski definition) is 5. The lowest BCUT2D eigenvalue weighted by molar-refractivity contribution is 1.13. The maximum absolute atomic E-state index is 8.91. The van der Waals surface area contributed by atoms with Crippen LogP contribution in [0.15, 0.2) is 48.7 Å². The summed E-state index contributed by atoms with van der Waals surface area (Å²) < 4.78 is 2.03. The third-order valence-electron chi connectivity index (χ3n) is 3.85. The van der Waals surface area contributed by atoms with E-state index in [1.165, 1.54) is 0 Å². The molecule has 0 aliphatic rings. The molecule has 0 fully saturated rings. The average Bonchev–Trinajstić information content (AvgIpc) is 2.98. The van der Waals surface area contributed by atoms with Crippen LogP contribution in [-0.2, 0) is 0 Å². The van der Waals surface area contributed by atoms with Crippen LogP contribution in [0.5, 0.6) is 0 Å². The molecule has 0 aliphatic carbocycles. The molecule has 0 saturated carbocycles. The second-order valence-corrected chi connectivity index (χ2v) is 5.20. The molecule has 0 saturated heterocycles. The zero-order valence-electron chi connectivity index (χ0n) is 12.1. The monoisotopic (exact) mass is 300 g/mol. The van der Waals surface area contributed by atoms with Crippen molar-refractivity contribution in [1.82, 2.24) is 14.5 Å². The van der Waals surface area contributed by atoms with E-state index in [4.69, 9.17) is 16.7 Å². The van der Waals surface area contributed by atoms with Crippen molar-refractivity contribution in [3.05, 3.63) is 54.2 Å². The Hall–Kier alpha value is -3.59. The maximum Gasteiger partial charge on any atom is 0.222 e. The predicted octanol–water partition coefficient (Wildman–Crippen LogP) is 2.61. The molecule has 110 valence electrons. The molecule has 0 spiro atoms. The SMILES string of the molecule is N#Cc1ccc(-n2ccc3c4c(N)nc(N)nc4ccc32)cc1. The zero-order valence-corrected chi connectivity index (χ0v) is 12.1. The van der Waals surface area contributed by atoms with Crippen molar-refractivity contribution >= 4 is 33.6 Å². The molecule has 0 radical (unpaired) electrons. The first-order chi connectivity index (χ1) is 11.2. The largest absolute Gasteiger partial charge is 0.383 e. The number of nitrogens with zero attached hydrogens (tertiary/aromatic N) is 4. The molecule has 23 heavy (non-hydrogen) atoms. The van der Waals surface area contributed by atoms with Crippen LogP contribution in [0.1, 0.15) is 5.56 Å². The molecule has 4 aromatic rings. The van der Waals surface area contributed by atoms with Crippen LogP contribution in [0.3, 0.4) is 0 Å². The molecule has 4 rings (SSSR count). The van der Waals surface area contributed by atoms with Crippen molar-refractivity contribution in [2.45, 2.75) is 0 Å². The van der Waals surface area contributed by atoms with Gasteiger partial charge in [0.05, 0.1) is 28.1 Å². The summed E-state index contributed by atoms with van der Waals surface area (Å²) in [4.78, 5) is 8.29. The zero-order chi connectivity index (χ0) is 16.0. The molecule has 0 unspecified atom stereocenters. The molecule has 2 aromatic heterocycles. The van der Waals surface area contributed by atoms with Crippen molar-refractivity contribution < 1.29 is 0 Å². The number of fused-ring (bicyclic) bond motifs is 3. The number of nitrogen functional groups attached to an aromatic ring is 2. The summed E-state index contributed by atoms with van der Waals surface area (Å²) in [6, 6.07) is 15.4. The fourth-order valence-corrected chi connectivity index (χ4v) is 2.82. The minimum absolute atomic E-state index is 0.167. The number of aromatic nitrogens is 3. The highest BCUT2D eigenvalue weighted by atomic mass is 15.0. The fraction of sp³-hybridized carbons (Fsp3) is 0. The van der Waals surface area contributed by atoms with Gasteiger partial charge in [-0.1, -0.05) is 0 Å². The van der Waals surface area contributed by atoms with E-state index in [-0.39, 0.29) is 5.95 Å². The van der Waals surface area contributed by atoms with Gasteiger partial charge in [0.25, 0.3) is 0 Å². The number of nitrogens with two attached hydrogens (primary N) is 2. The molecule has 2 aromatic carbocycles. The van der Waals surface area contributed by atoms with Crippen LogP contribution in [0.2, 0.25) is 0 Å². The first-order valence-corrected chi connectivity index (χ1v) is 7.00. The Balaban J connectivity index is 2.00. The number of hydrogen-bond donors (Lipinski definition) is 2. The van der Waals surface area contributed by atoms with Gasteiger partial charge in [0.1, 0.15) is 5.82 Å². The van der Waals surface area contributed by atoms with Crippen molar-refractivity contribution in [1.29, 1.82) is 5.26 Å². The first kappa shape index (κ1) is 13.1. The van der Waals surface area contributed by atoms with Gasteiger partial charge < -0.3 is 16.0 Å². The van der Waals surface area contributed by atoms with Crippen molar-refractivity contribution in [2.75, 3.05) is 11.5 Å². The lowest BCUT2D eigenvalue weighted by atomic mass is 10.1. The van der Waals surface area contributed by atoms with Gasteiger partial charge in [-0.25, -0.2) is 4.98 Å². The predicted molar refractivity (Wildman–Crippen MR) is 89.9 cm³/mol. The fourth-order valence-electron chi connectivity index (χ4n) is 2.82. The van der Waals surface area contributed by atoms with Gasteiger partial charge in [0, 0.05) is 17.3 Å². The molecule has 0 aliphatic heterocycles. The molecule has 0 atom stereocenters. The Bertz CT molecular complexity index is 1090. The summed E-state index contributed by atoms with van der Waals surface area (Å²) in [5.41, 5.74) is 15.0. The van der Waals surface area contributed by atoms with E-state index >= 15 is 0 Å². The molecular formula is C17H12N6. The van der Waals surface area contributed by atoms with Crippen molar-refractivity contribution in [2.24, 2.45) is 0 Å². The van der Waals surface area contributed by atoms with Crippen LogP contribution in [0, 0.1) is 11.3 Å². The van der Waals surface area contributed by atoms with Crippen molar-refractivity contribution in [3.63, 3.8) is 0 Å². The van der Waals surface area contributed by atoms with Crippen LogP contribution < -0.4 is 11.5 Å². The Morgan fingerprint density at radius 3 is 2.48 bits per heavy atom. The quantitative estimate of drug-likeness (QED) is 0.562. The van der Waals surface area contributed by atoms with Gasteiger partial charge >= 0.3 is 0 Å². The van der Waals surface area contributed by atoms with Gasteiger partial charge in [-0.2, -0.15) is 10.2 Å². The van der Waals surface area contributed by atoms with E-state index < -0.39 is 0 Å². The normalized spacial score (nSPS) is 10.9. The van der Waals surface area contributed by atoms with E-state index in [1.54, 1.807) is 12.1 Å². The molecule has 4 N–H and O–H groups in total. The minimum atomic E-state index is 0.167. The van der Waals surface area contributed by atoms with Gasteiger partial charge in [-0.3, -0.25) is 0 Å². The Labute approximate surface area is 131 Å². The van der Waals surface area contributed by atoms with E-state index in [2.05, 4.69) is 16.0 Å². The number of rotatable bonds is 1. The Morgan fingerprint density at radius 2 is 1.74 bits per heavy atom. The molecule has 2 heterocycles. The van der Waals surface area contributed by atoms with E-state index in [0.29, 0.717) is 11.4 Å².